The van der Waals surface area contributed by atoms with Gasteiger partial charge in [0.1, 0.15) is 6.29 Å². The van der Waals surface area contributed by atoms with E-state index in [1.165, 1.54) is 28.8 Å². The number of rotatable bonds is 7. The van der Waals surface area contributed by atoms with E-state index >= 15 is 0 Å². The molecule has 4 atom stereocenters. The Morgan fingerprint density at radius 2 is 1.12 bits per heavy atom. The van der Waals surface area contributed by atoms with Crippen LogP contribution in [0.5, 0.6) is 0 Å². The number of fused-ring (bicyclic) bond motifs is 2. The van der Waals surface area contributed by atoms with Crippen molar-refractivity contribution < 1.29 is 34.2 Å². The zero-order valence-corrected chi connectivity index (χ0v) is 39.5. The number of carbonyl (C=O) groups is 5. The van der Waals surface area contributed by atoms with E-state index < -0.39 is 11.2 Å². The largest absolute Gasteiger partial charge is 0.385 e. The number of halogens is 2. The van der Waals surface area contributed by atoms with Gasteiger partial charge in [-0.15, -0.1) is 10.2 Å². The minimum atomic E-state index is -0.823. The average Bonchev–Trinajstić information content (AvgIpc) is 4.14. The number of nitrogens with one attached hydrogen (secondary N) is 3. The Kier molecular flexibility index (Phi) is 14.8. The van der Waals surface area contributed by atoms with Gasteiger partial charge >= 0.3 is 12.1 Å². The van der Waals surface area contributed by atoms with Crippen molar-refractivity contribution in [1.82, 2.24) is 39.6 Å². The fraction of sp³-hybridized carbons (Fsp3) is 0.521. The minimum absolute atomic E-state index is 0.119. The monoisotopic (exact) mass is 958 g/mol. The molecule has 5 N–H and O–H groups in total. The van der Waals surface area contributed by atoms with E-state index in [9.17, 15) is 34.2 Å². The lowest BCUT2D eigenvalue weighted by Crippen LogP contribution is -2.36. The number of carbonyl (C=O) groups excluding carboxylic acids is 5. The molecule has 6 heterocycles. The molecule has 2 aromatic heterocycles. The number of aldehydes is 1. The molecular weight excluding hydrogens is 899 g/mol. The van der Waals surface area contributed by atoms with Crippen molar-refractivity contribution in [3.05, 3.63) is 93.2 Å². The van der Waals surface area contributed by atoms with Crippen LogP contribution in [-0.2, 0) is 27.3 Å². The fourth-order valence-corrected chi connectivity index (χ4v) is 11.3. The molecule has 67 heavy (non-hydrogen) atoms. The summed E-state index contributed by atoms with van der Waals surface area (Å²) in [7, 11) is 0. The third kappa shape index (κ3) is 11.2. The highest BCUT2D eigenvalue weighted by atomic mass is 35.5. The van der Waals surface area contributed by atoms with Crippen LogP contribution in [-0.4, -0.2) is 127 Å². The first-order valence-electron chi connectivity index (χ1n) is 23.3. The Balaban J connectivity index is 0.000000151. The summed E-state index contributed by atoms with van der Waals surface area (Å²) < 4.78 is 2.59. The lowest BCUT2D eigenvalue weighted by Gasteiger charge is -2.26. The predicted molar refractivity (Wildman–Crippen MR) is 253 cm³/mol. The molecule has 4 saturated heterocycles. The molecule has 2 saturated carbocycles. The first-order valence-corrected chi connectivity index (χ1v) is 24.0. The summed E-state index contributed by atoms with van der Waals surface area (Å²) in [5.74, 6) is 2.37. The second kappa shape index (κ2) is 20.6. The molecule has 17 nitrogen and oxygen atoms in total. The summed E-state index contributed by atoms with van der Waals surface area (Å²) in [6.07, 6.45) is 11.1. The Labute approximate surface area is 400 Å². The van der Waals surface area contributed by atoms with Crippen LogP contribution in [0.3, 0.4) is 0 Å². The maximum Gasteiger partial charge on any atom is 0.344 e. The van der Waals surface area contributed by atoms with Gasteiger partial charge in [0.2, 0.25) is 11.8 Å². The van der Waals surface area contributed by atoms with Gasteiger partial charge in [0, 0.05) is 124 Å². The molecule has 6 fully saturated rings. The Hall–Kier alpha value is -5.17. The van der Waals surface area contributed by atoms with E-state index in [0.29, 0.717) is 69.6 Å². The van der Waals surface area contributed by atoms with E-state index in [2.05, 4.69) is 43.2 Å². The third-order valence-corrected chi connectivity index (χ3v) is 14.8. The van der Waals surface area contributed by atoms with Gasteiger partial charge in [0.25, 0.3) is 0 Å². The number of amides is 4. The maximum absolute atomic E-state index is 12.8. The van der Waals surface area contributed by atoms with Gasteiger partial charge in [-0.2, -0.15) is 9.36 Å². The van der Waals surface area contributed by atoms with Gasteiger partial charge in [-0.05, 0) is 73.1 Å². The van der Waals surface area contributed by atoms with E-state index in [4.69, 9.17) is 23.2 Å². The van der Waals surface area contributed by atoms with Crippen molar-refractivity contribution in [2.75, 3.05) is 63.0 Å². The molecule has 0 radical (unpaired) electrons. The van der Waals surface area contributed by atoms with Crippen LogP contribution in [0.2, 0.25) is 10.0 Å². The highest BCUT2D eigenvalue weighted by Gasteiger charge is 2.43. The number of aliphatic hydroxyl groups is 2. The Morgan fingerprint density at radius 1 is 0.672 bits per heavy atom. The lowest BCUT2D eigenvalue weighted by molar-refractivity contribution is -0.115. The third-order valence-electron chi connectivity index (χ3n) is 14.1. The summed E-state index contributed by atoms with van der Waals surface area (Å²) in [6, 6.07) is 14.1. The summed E-state index contributed by atoms with van der Waals surface area (Å²) in [6.45, 7) is 10.5. The van der Waals surface area contributed by atoms with E-state index in [-0.39, 0.29) is 23.9 Å². The van der Waals surface area contributed by atoms with Crippen molar-refractivity contribution in [3.63, 3.8) is 0 Å². The molecule has 4 amide bonds. The highest BCUT2D eigenvalue weighted by Crippen LogP contribution is 2.43. The summed E-state index contributed by atoms with van der Waals surface area (Å²) in [5.41, 5.74) is 1.69. The van der Waals surface area contributed by atoms with Crippen LogP contribution in [0.15, 0.2) is 60.9 Å². The quantitative estimate of drug-likeness (QED) is 0.133. The summed E-state index contributed by atoms with van der Waals surface area (Å²) in [4.78, 5) is 64.0. The predicted octanol–water partition coefficient (Wildman–Crippen LogP) is 6.16. The first-order chi connectivity index (χ1) is 32.1. The van der Waals surface area contributed by atoms with Crippen LogP contribution < -0.4 is 16.0 Å². The van der Waals surface area contributed by atoms with Crippen molar-refractivity contribution in [3.8, 4) is 0 Å². The van der Waals surface area contributed by atoms with Crippen molar-refractivity contribution in [2.45, 2.75) is 83.0 Å². The smallest absolute Gasteiger partial charge is 0.344 e. The zero-order chi connectivity index (χ0) is 47.5. The van der Waals surface area contributed by atoms with Gasteiger partial charge in [-0.25, -0.2) is 9.59 Å². The standard InChI is InChI=1S/C24H30ClN5O3.C12H13ClO2.C12H17N5O2/c1-16(31)26-22-6-9-30(27-22)23(32)29-14-18-12-28(13-19(18)15-29)11-17-4-5-21(25)20(10-17)24(33)7-2-3-8-24;13-11-4-3-9(8-14)7-10(11)12(15)5-1-2-6-12;1-8(18)14-11-2-3-17(15-11)12(19)16-6-9-4-13-5-10(9)7-16/h4-6,9-10,18-19,33H,2-3,7-8,11-15H2,1H3,(H,26,27,31);3-4,7-8,15H,1-2,5-6H2;2-3,9-10,13H,4-7H2,1H3,(H,14,15,18). The summed E-state index contributed by atoms with van der Waals surface area (Å²) >= 11 is 12.5. The van der Waals surface area contributed by atoms with Gasteiger partial charge in [0.15, 0.2) is 11.6 Å². The molecule has 19 heteroatoms. The number of aromatic nitrogens is 4. The SMILES string of the molecule is CC(=O)Nc1ccn(C(=O)N2CC3CN(Cc4ccc(Cl)c(C5(O)CCCC5)c4)CC3C2)n1.CC(=O)Nc1ccn(C(=O)N2CC3CNCC3C2)n1.O=Cc1ccc(Cl)c(C2(O)CCCC2)c1. The topological polar surface area (TPSA) is 207 Å². The van der Waals surface area contributed by atoms with Gasteiger partial charge in [0.05, 0.1) is 11.2 Å². The van der Waals surface area contributed by atoms with Crippen LogP contribution in [0.25, 0.3) is 0 Å². The van der Waals surface area contributed by atoms with E-state index in [1.807, 2.05) is 15.9 Å². The molecule has 358 valence electrons. The molecule has 0 bridgehead atoms. The van der Waals surface area contributed by atoms with Crippen LogP contribution in [0.4, 0.5) is 21.2 Å². The van der Waals surface area contributed by atoms with Gasteiger partial charge in [-0.1, -0.05) is 67.1 Å². The number of hydrogen-bond acceptors (Lipinski definition) is 11. The number of anilines is 2. The molecule has 2 aliphatic carbocycles. The van der Waals surface area contributed by atoms with Crippen LogP contribution >= 0.6 is 23.2 Å². The minimum Gasteiger partial charge on any atom is -0.385 e. The van der Waals surface area contributed by atoms with Crippen LogP contribution in [0, 0.1) is 23.7 Å². The zero-order valence-electron chi connectivity index (χ0n) is 38.0. The van der Waals surface area contributed by atoms with E-state index in [1.54, 1.807) is 42.7 Å². The molecule has 0 spiro atoms. The molecule has 6 aliphatic rings. The Bertz CT molecular complexity index is 2440. The molecule has 4 aliphatic heterocycles. The normalized spacial score (nSPS) is 23.4. The fourth-order valence-electron chi connectivity index (χ4n) is 10.7. The van der Waals surface area contributed by atoms with E-state index in [0.717, 1.165) is 109 Å². The highest BCUT2D eigenvalue weighted by molar-refractivity contribution is 6.31. The average molecular weight is 960 g/mol. The molecule has 4 unspecified atom stereocenters. The Morgan fingerprint density at radius 3 is 1.58 bits per heavy atom. The number of hydrogen-bond donors (Lipinski definition) is 5. The van der Waals surface area contributed by atoms with Crippen molar-refractivity contribution >= 4 is 65.0 Å². The number of nitrogens with zero attached hydrogens (tertiary/aromatic N) is 7. The maximum atomic E-state index is 12.8. The molecular formula is C48H60Cl2N10O7. The second-order valence-corrected chi connectivity index (χ2v) is 19.9. The lowest BCUT2D eigenvalue weighted by atomic mass is 9.91. The number of benzene rings is 2. The molecule has 2 aromatic carbocycles. The molecule has 10 rings (SSSR count). The van der Waals surface area contributed by atoms with Gasteiger partial charge < -0.3 is 36.0 Å². The first kappa shape index (κ1) is 48.3. The molecule has 4 aromatic rings. The van der Waals surface area contributed by atoms with Gasteiger partial charge in [-0.3, -0.25) is 19.3 Å². The van der Waals surface area contributed by atoms with Crippen molar-refractivity contribution in [2.24, 2.45) is 23.7 Å². The van der Waals surface area contributed by atoms with Crippen molar-refractivity contribution in [1.29, 1.82) is 0 Å². The second-order valence-electron chi connectivity index (χ2n) is 19.1. The van der Waals surface area contributed by atoms with Crippen LogP contribution in [0.1, 0.15) is 92.3 Å². The summed E-state index contributed by atoms with van der Waals surface area (Å²) in [5, 5.41) is 39.3. The number of likely N-dealkylation sites (tertiary alicyclic amines) is 3.